The van der Waals surface area contributed by atoms with E-state index < -0.39 is 6.67 Å². The lowest BCUT2D eigenvalue weighted by Crippen LogP contribution is -2.35. The molecule has 1 aliphatic heterocycles. The van der Waals surface area contributed by atoms with Gasteiger partial charge < -0.3 is 10.1 Å². The van der Waals surface area contributed by atoms with Crippen molar-refractivity contribution in [1.29, 1.82) is 0 Å². The highest BCUT2D eigenvalue weighted by Crippen LogP contribution is 2.26. The number of benzene rings is 1. The van der Waals surface area contributed by atoms with Crippen molar-refractivity contribution in [3.63, 3.8) is 0 Å². The van der Waals surface area contributed by atoms with Gasteiger partial charge in [0.15, 0.2) is 0 Å². The fourth-order valence-corrected chi connectivity index (χ4v) is 2.50. The lowest BCUT2D eigenvalue weighted by atomic mass is 9.94. The molecule has 1 saturated heterocycles. The zero-order valence-corrected chi connectivity index (χ0v) is 10.3. The third-order valence-electron chi connectivity index (χ3n) is 3.46. The van der Waals surface area contributed by atoms with Gasteiger partial charge in [-0.25, -0.2) is 4.39 Å². The molecular formula is C14H20FNO. The lowest BCUT2D eigenvalue weighted by molar-refractivity contribution is 0.377. The van der Waals surface area contributed by atoms with E-state index in [4.69, 9.17) is 4.74 Å². The molecule has 0 aromatic heterocycles. The SMILES string of the molecule is COc1cccc(CF)c1CC1CCCCN1. The molecule has 17 heavy (non-hydrogen) atoms. The first-order valence-electron chi connectivity index (χ1n) is 6.29. The van der Waals surface area contributed by atoms with Crippen LogP contribution >= 0.6 is 0 Å². The summed E-state index contributed by atoms with van der Waals surface area (Å²) in [6, 6.07) is 6.08. The molecule has 0 amide bonds. The van der Waals surface area contributed by atoms with Gasteiger partial charge in [-0.1, -0.05) is 18.6 Å². The van der Waals surface area contributed by atoms with E-state index in [1.807, 2.05) is 18.2 Å². The summed E-state index contributed by atoms with van der Waals surface area (Å²) in [4.78, 5) is 0. The summed E-state index contributed by atoms with van der Waals surface area (Å²) in [7, 11) is 1.65. The molecule has 1 atom stereocenters. The predicted molar refractivity (Wildman–Crippen MR) is 67.2 cm³/mol. The molecule has 1 fully saturated rings. The van der Waals surface area contributed by atoms with Crippen LogP contribution in [0, 0.1) is 0 Å². The number of methoxy groups -OCH3 is 1. The molecule has 0 spiro atoms. The Morgan fingerprint density at radius 2 is 2.29 bits per heavy atom. The molecule has 2 rings (SSSR count). The number of ether oxygens (including phenoxy) is 1. The van der Waals surface area contributed by atoms with Crippen molar-refractivity contribution in [3.8, 4) is 5.75 Å². The Labute approximate surface area is 102 Å². The van der Waals surface area contributed by atoms with Gasteiger partial charge in [0.1, 0.15) is 12.4 Å². The largest absolute Gasteiger partial charge is 0.496 e. The van der Waals surface area contributed by atoms with E-state index >= 15 is 0 Å². The van der Waals surface area contributed by atoms with Gasteiger partial charge in [0.25, 0.3) is 0 Å². The Morgan fingerprint density at radius 1 is 1.41 bits per heavy atom. The predicted octanol–water partition coefficient (Wildman–Crippen LogP) is 2.85. The van der Waals surface area contributed by atoms with Crippen molar-refractivity contribution in [2.24, 2.45) is 0 Å². The molecule has 0 radical (unpaired) electrons. The molecule has 0 bridgehead atoms. The second-order valence-corrected chi connectivity index (χ2v) is 4.58. The van der Waals surface area contributed by atoms with Crippen molar-refractivity contribution in [2.75, 3.05) is 13.7 Å². The van der Waals surface area contributed by atoms with Crippen molar-refractivity contribution < 1.29 is 9.13 Å². The average Bonchev–Trinajstić information content (AvgIpc) is 2.40. The average molecular weight is 237 g/mol. The molecule has 94 valence electrons. The van der Waals surface area contributed by atoms with Crippen LogP contribution in [0.1, 0.15) is 30.4 Å². The van der Waals surface area contributed by atoms with Crippen molar-refractivity contribution in [2.45, 2.75) is 38.4 Å². The minimum Gasteiger partial charge on any atom is -0.496 e. The molecular weight excluding hydrogens is 217 g/mol. The minimum atomic E-state index is -0.417. The number of nitrogens with one attached hydrogen (secondary N) is 1. The highest BCUT2D eigenvalue weighted by atomic mass is 19.1. The molecule has 1 heterocycles. The summed E-state index contributed by atoms with van der Waals surface area (Å²) in [5, 5.41) is 3.49. The Bertz CT molecular complexity index is 339. The van der Waals surface area contributed by atoms with Crippen LogP contribution in [0.15, 0.2) is 18.2 Å². The lowest BCUT2D eigenvalue weighted by Gasteiger charge is -2.25. The fourth-order valence-electron chi connectivity index (χ4n) is 2.50. The maximum Gasteiger partial charge on any atom is 0.122 e. The normalized spacial score (nSPS) is 20.2. The number of alkyl halides is 1. The van der Waals surface area contributed by atoms with Gasteiger partial charge in [-0.05, 0) is 37.4 Å². The molecule has 3 heteroatoms. The van der Waals surface area contributed by atoms with Gasteiger partial charge in [-0.3, -0.25) is 0 Å². The van der Waals surface area contributed by atoms with Crippen molar-refractivity contribution >= 4 is 0 Å². The van der Waals surface area contributed by atoms with E-state index in [-0.39, 0.29) is 0 Å². The molecule has 0 saturated carbocycles. The highest BCUT2D eigenvalue weighted by molar-refractivity contribution is 5.40. The van der Waals surface area contributed by atoms with Gasteiger partial charge in [0, 0.05) is 11.6 Å². The first-order valence-corrected chi connectivity index (χ1v) is 6.29. The van der Waals surface area contributed by atoms with E-state index in [1.54, 1.807) is 7.11 Å². The summed E-state index contributed by atoms with van der Waals surface area (Å²) < 4.78 is 18.3. The zero-order valence-electron chi connectivity index (χ0n) is 10.3. The van der Waals surface area contributed by atoms with Gasteiger partial charge in [0.05, 0.1) is 7.11 Å². The Morgan fingerprint density at radius 3 is 2.94 bits per heavy atom. The molecule has 1 aromatic carbocycles. The maximum atomic E-state index is 13.0. The first-order chi connectivity index (χ1) is 8.35. The third-order valence-corrected chi connectivity index (χ3v) is 3.46. The third kappa shape index (κ3) is 2.97. The van der Waals surface area contributed by atoms with Crippen LogP contribution in [0.3, 0.4) is 0 Å². The van der Waals surface area contributed by atoms with E-state index in [9.17, 15) is 4.39 Å². The second kappa shape index (κ2) is 6.01. The van der Waals surface area contributed by atoms with Crippen LogP contribution in [-0.2, 0) is 13.1 Å². The maximum absolute atomic E-state index is 13.0. The van der Waals surface area contributed by atoms with Gasteiger partial charge >= 0.3 is 0 Å². The monoisotopic (exact) mass is 237 g/mol. The standard InChI is InChI=1S/C14H20FNO/c1-17-14-7-4-5-11(10-15)13(14)9-12-6-2-3-8-16-12/h4-5,7,12,16H,2-3,6,8-10H2,1H3. The van der Waals surface area contributed by atoms with E-state index in [2.05, 4.69) is 5.32 Å². The Kier molecular flexibility index (Phi) is 4.37. The van der Waals surface area contributed by atoms with Crippen LogP contribution in [-0.4, -0.2) is 19.7 Å². The second-order valence-electron chi connectivity index (χ2n) is 4.58. The van der Waals surface area contributed by atoms with Crippen LogP contribution in [0.4, 0.5) is 4.39 Å². The summed E-state index contributed by atoms with van der Waals surface area (Å²) >= 11 is 0. The molecule has 1 aromatic rings. The quantitative estimate of drug-likeness (QED) is 0.869. The van der Waals surface area contributed by atoms with Crippen LogP contribution in [0.25, 0.3) is 0 Å². The van der Waals surface area contributed by atoms with Crippen LogP contribution in [0.2, 0.25) is 0 Å². The molecule has 1 unspecified atom stereocenters. The molecule has 1 N–H and O–H groups in total. The zero-order chi connectivity index (χ0) is 12.1. The number of halogens is 1. The summed E-state index contributed by atoms with van der Waals surface area (Å²) in [5.74, 6) is 0.813. The first kappa shape index (κ1) is 12.4. The number of rotatable bonds is 4. The van der Waals surface area contributed by atoms with Gasteiger partial charge in [0.2, 0.25) is 0 Å². The van der Waals surface area contributed by atoms with E-state index in [0.29, 0.717) is 6.04 Å². The number of hydrogen-bond donors (Lipinski definition) is 1. The summed E-state index contributed by atoms with van der Waals surface area (Å²) in [6.45, 7) is 0.657. The molecule has 2 nitrogen and oxygen atoms in total. The number of piperidine rings is 1. The molecule has 1 aliphatic rings. The fraction of sp³-hybridized carbons (Fsp3) is 0.571. The van der Waals surface area contributed by atoms with Crippen molar-refractivity contribution in [1.82, 2.24) is 5.32 Å². The summed E-state index contributed by atoms with van der Waals surface area (Å²) in [5.41, 5.74) is 1.79. The van der Waals surface area contributed by atoms with Crippen molar-refractivity contribution in [3.05, 3.63) is 29.3 Å². The highest BCUT2D eigenvalue weighted by Gasteiger charge is 2.17. The van der Waals surface area contributed by atoms with Crippen LogP contribution < -0.4 is 10.1 Å². The summed E-state index contributed by atoms with van der Waals surface area (Å²) in [6.07, 6.45) is 4.54. The van der Waals surface area contributed by atoms with E-state index in [1.165, 1.54) is 19.3 Å². The Hall–Kier alpha value is -1.09. The number of hydrogen-bond acceptors (Lipinski definition) is 2. The smallest absolute Gasteiger partial charge is 0.122 e. The van der Waals surface area contributed by atoms with E-state index in [0.717, 1.165) is 29.8 Å². The minimum absolute atomic E-state index is 0.417. The van der Waals surface area contributed by atoms with Gasteiger partial charge in [-0.15, -0.1) is 0 Å². The van der Waals surface area contributed by atoms with Crippen LogP contribution in [0.5, 0.6) is 5.75 Å². The Balaban J connectivity index is 2.16. The molecule has 0 aliphatic carbocycles. The topological polar surface area (TPSA) is 21.3 Å². The van der Waals surface area contributed by atoms with Gasteiger partial charge in [-0.2, -0.15) is 0 Å².